The zero-order chi connectivity index (χ0) is 9.97. The summed E-state index contributed by atoms with van der Waals surface area (Å²) in [6.45, 7) is 0. The van der Waals surface area contributed by atoms with Crippen molar-refractivity contribution in [3.8, 4) is 11.3 Å². The van der Waals surface area contributed by atoms with E-state index in [1.165, 1.54) is 6.33 Å². The summed E-state index contributed by atoms with van der Waals surface area (Å²) in [6, 6.07) is 7.65. The van der Waals surface area contributed by atoms with Gasteiger partial charge in [0.1, 0.15) is 5.69 Å². The van der Waals surface area contributed by atoms with Gasteiger partial charge in [-0.05, 0) is 12.1 Å². The Bertz CT molecular complexity index is 447. The van der Waals surface area contributed by atoms with Gasteiger partial charge in [-0.15, -0.1) is 0 Å². The highest BCUT2D eigenvalue weighted by Crippen LogP contribution is 2.21. The highest BCUT2D eigenvalue weighted by Gasteiger charge is 2.06. The zero-order valence-corrected chi connectivity index (χ0v) is 8.78. The van der Waals surface area contributed by atoms with Gasteiger partial charge in [-0.1, -0.05) is 28.1 Å². The molecule has 0 atom stereocenters. The van der Waals surface area contributed by atoms with E-state index in [2.05, 4.69) is 25.9 Å². The number of H-pyrrole nitrogens is 1. The largest absolute Gasteiger partial charge is 0.342 e. The van der Waals surface area contributed by atoms with Crippen LogP contribution in [0.1, 0.15) is 10.5 Å². The lowest BCUT2D eigenvalue weighted by molar-refractivity contribution is 0.112. The van der Waals surface area contributed by atoms with E-state index in [4.69, 9.17) is 0 Å². The van der Waals surface area contributed by atoms with Crippen molar-refractivity contribution >= 4 is 22.2 Å². The Hall–Kier alpha value is -1.42. The van der Waals surface area contributed by atoms with Crippen molar-refractivity contribution in [1.82, 2.24) is 9.97 Å². The number of benzene rings is 1. The summed E-state index contributed by atoms with van der Waals surface area (Å²) in [5.74, 6) is 0. The van der Waals surface area contributed by atoms with Crippen LogP contribution in [0.4, 0.5) is 0 Å². The molecule has 0 unspecified atom stereocenters. The van der Waals surface area contributed by atoms with Crippen LogP contribution in [0.5, 0.6) is 0 Å². The lowest BCUT2D eigenvalue weighted by Gasteiger charge is -1.97. The predicted molar refractivity (Wildman–Crippen MR) is 57.1 cm³/mol. The van der Waals surface area contributed by atoms with Crippen LogP contribution in [0.15, 0.2) is 35.1 Å². The molecule has 0 amide bonds. The van der Waals surface area contributed by atoms with E-state index in [-0.39, 0.29) is 0 Å². The fourth-order valence-electron chi connectivity index (χ4n) is 1.23. The summed E-state index contributed by atoms with van der Waals surface area (Å²) < 4.78 is 1.00. The number of hydrogen-bond acceptors (Lipinski definition) is 2. The first-order valence-corrected chi connectivity index (χ1v) is 4.85. The average molecular weight is 251 g/mol. The lowest BCUT2D eigenvalue weighted by Crippen LogP contribution is -1.85. The standard InChI is InChI=1S/C10H7BrN2O/c11-8-3-1-7(2-4-8)10-9(5-14)12-6-13-10/h1-6H,(H,12,13). The molecule has 14 heavy (non-hydrogen) atoms. The topological polar surface area (TPSA) is 45.8 Å². The van der Waals surface area contributed by atoms with Crippen molar-refractivity contribution in [1.29, 1.82) is 0 Å². The molecule has 0 fully saturated rings. The van der Waals surface area contributed by atoms with Crippen molar-refractivity contribution in [3.63, 3.8) is 0 Å². The van der Waals surface area contributed by atoms with Crippen LogP contribution in [0.25, 0.3) is 11.3 Å². The molecule has 0 aliphatic carbocycles. The molecule has 2 rings (SSSR count). The fraction of sp³-hybridized carbons (Fsp3) is 0. The van der Waals surface area contributed by atoms with Gasteiger partial charge < -0.3 is 4.98 Å². The number of imidazole rings is 1. The summed E-state index contributed by atoms with van der Waals surface area (Å²) in [5, 5.41) is 0. The van der Waals surface area contributed by atoms with E-state index in [9.17, 15) is 4.79 Å². The predicted octanol–water partition coefficient (Wildman–Crippen LogP) is 2.65. The second-order valence-corrected chi connectivity index (χ2v) is 3.71. The molecule has 0 saturated heterocycles. The van der Waals surface area contributed by atoms with Gasteiger partial charge in [-0.2, -0.15) is 0 Å². The van der Waals surface area contributed by atoms with Gasteiger partial charge in [0, 0.05) is 10.0 Å². The Kier molecular flexibility index (Phi) is 2.45. The third-order valence-electron chi connectivity index (χ3n) is 1.90. The van der Waals surface area contributed by atoms with Crippen LogP contribution in [-0.4, -0.2) is 16.3 Å². The average Bonchev–Trinajstić information content (AvgIpc) is 2.67. The highest BCUT2D eigenvalue weighted by atomic mass is 79.9. The number of nitrogens with one attached hydrogen (secondary N) is 1. The Morgan fingerprint density at radius 2 is 2.00 bits per heavy atom. The lowest BCUT2D eigenvalue weighted by atomic mass is 10.1. The molecular weight excluding hydrogens is 244 g/mol. The van der Waals surface area contributed by atoms with Gasteiger partial charge in [0.2, 0.25) is 0 Å². The van der Waals surface area contributed by atoms with Gasteiger partial charge in [-0.25, -0.2) is 4.98 Å². The van der Waals surface area contributed by atoms with Gasteiger partial charge in [0.15, 0.2) is 6.29 Å². The van der Waals surface area contributed by atoms with Gasteiger partial charge in [0.05, 0.1) is 12.0 Å². The molecule has 0 bridgehead atoms. The van der Waals surface area contributed by atoms with Crippen LogP contribution in [0.2, 0.25) is 0 Å². The van der Waals surface area contributed by atoms with Gasteiger partial charge in [0.25, 0.3) is 0 Å². The summed E-state index contributed by atoms with van der Waals surface area (Å²) in [5.41, 5.74) is 2.12. The van der Waals surface area contributed by atoms with E-state index in [1.807, 2.05) is 24.3 Å². The number of carbonyl (C=O) groups is 1. The summed E-state index contributed by atoms with van der Waals surface area (Å²) in [7, 11) is 0. The first-order valence-electron chi connectivity index (χ1n) is 4.06. The number of hydrogen-bond donors (Lipinski definition) is 1. The zero-order valence-electron chi connectivity index (χ0n) is 7.20. The minimum absolute atomic E-state index is 0.507. The van der Waals surface area contributed by atoms with Gasteiger partial charge >= 0.3 is 0 Å². The monoisotopic (exact) mass is 250 g/mol. The first kappa shape index (κ1) is 9.15. The van der Waals surface area contributed by atoms with E-state index in [1.54, 1.807) is 0 Å². The maximum atomic E-state index is 10.6. The molecule has 1 heterocycles. The molecule has 0 radical (unpaired) electrons. The van der Waals surface area contributed by atoms with Crippen LogP contribution in [0, 0.1) is 0 Å². The molecule has 1 N–H and O–H groups in total. The fourth-order valence-corrected chi connectivity index (χ4v) is 1.50. The number of nitrogens with zero attached hydrogens (tertiary/aromatic N) is 1. The van der Waals surface area contributed by atoms with Gasteiger partial charge in [-0.3, -0.25) is 4.79 Å². The number of aromatic amines is 1. The van der Waals surface area contributed by atoms with E-state index >= 15 is 0 Å². The highest BCUT2D eigenvalue weighted by molar-refractivity contribution is 9.10. The summed E-state index contributed by atoms with van der Waals surface area (Å²) in [4.78, 5) is 17.5. The number of carbonyl (C=O) groups excluding carboxylic acids is 1. The molecule has 4 heteroatoms. The number of aldehydes is 1. The maximum absolute atomic E-state index is 10.6. The molecule has 1 aromatic heterocycles. The van der Waals surface area contributed by atoms with E-state index < -0.39 is 0 Å². The third-order valence-corrected chi connectivity index (χ3v) is 2.43. The Balaban J connectivity index is 2.49. The normalized spacial score (nSPS) is 10.1. The number of halogens is 1. The van der Waals surface area contributed by atoms with Crippen molar-refractivity contribution in [3.05, 3.63) is 40.8 Å². The molecule has 3 nitrogen and oxygen atoms in total. The van der Waals surface area contributed by atoms with Crippen LogP contribution < -0.4 is 0 Å². The summed E-state index contributed by atoms with van der Waals surface area (Å²) >= 11 is 3.35. The molecule has 0 aliphatic rings. The van der Waals surface area contributed by atoms with Crippen LogP contribution >= 0.6 is 15.9 Å². The minimum atomic E-state index is 0.507. The second-order valence-electron chi connectivity index (χ2n) is 2.79. The third kappa shape index (κ3) is 1.61. The molecule has 70 valence electrons. The Labute approximate surface area is 89.3 Å². The maximum Gasteiger partial charge on any atom is 0.168 e. The minimum Gasteiger partial charge on any atom is -0.342 e. The molecule has 1 aromatic carbocycles. The first-order chi connectivity index (χ1) is 6.81. The van der Waals surface area contributed by atoms with Crippen molar-refractivity contribution in [2.45, 2.75) is 0 Å². The molecule has 2 aromatic rings. The number of rotatable bonds is 2. The Morgan fingerprint density at radius 1 is 1.29 bits per heavy atom. The quantitative estimate of drug-likeness (QED) is 0.834. The second kappa shape index (κ2) is 3.75. The molecule has 0 spiro atoms. The van der Waals surface area contributed by atoms with Crippen molar-refractivity contribution in [2.24, 2.45) is 0 Å². The van der Waals surface area contributed by atoms with Crippen molar-refractivity contribution in [2.75, 3.05) is 0 Å². The molecular formula is C10H7BrN2O. The van der Waals surface area contributed by atoms with Crippen molar-refractivity contribution < 1.29 is 4.79 Å². The number of aromatic nitrogens is 2. The van der Waals surface area contributed by atoms with E-state index in [0.717, 1.165) is 16.3 Å². The smallest absolute Gasteiger partial charge is 0.168 e. The van der Waals surface area contributed by atoms with E-state index in [0.29, 0.717) is 11.4 Å². The molecule has 0 aliphatic heterocycles. The van der Waals surface area contributed by atoms with Crippen LogP contribution in [-0.2, 0) is 0 Å². The molecule has 0 saturated carbocycles. The SMILES string of the molecule is O=Cc1[nH]cnc1-c1ccc(Br)cc1. The summed E-state index contributed by atoms with van der Waals surface area (Å²) in [6.07, 6.45) is 2.28. The Morgan fingerprint density at radius 3 is 2.64 bits per heavy atom. The van der Waals surface area contributed by atoms with Crippen LogP contribution in [0.3, 0.4) is 0 Å².